The molecule has 7 aromatic rings. The van der Waals surface area contributed by atoms with Gasteiger partial charge in [-0.1, -0.05) is 13.8 Å². The molecular formula is C40H34O8S7. The molecular weight excluding hydrogens is 833 g/mol. The van der Waals surface area contributed by atoms with Crippen molar-refractivity contribution in [3.8, 4) is 58.5 Å². The molecule has 4 N–H and O–H groups in total. The molecule has 0 saturated carbocycles. The van der Waals surface area contributed by atoms with E-state index in [4.69, 9.17) is 0 Å². The number of aliphatic carboxylic acids is 4. The van der Waals surface area contributed by atoms with E-state index >= 15 is 0 Å². The zero-order chi connectivity index (χ0) is 39.6. The van der Waals surface area contributed by atoms with Gasteiger partial charge in [-0.3, -0.25) is 19.2 Å². The van der Waals surface area contributed by atoms with Gasteiger partial charge in [0.15, 0.2) is 0 Å². The largest absolute Gasteiger partial charge is 0.481 e. The number of carbonyl (C=O) groups is 4. The lowest BCUT2D eigenvalue weighted by Gasteiger charge is -1.99. The summed E-state index contributed by atoms with van der Waals surface area (Å²) in [4.78, 5) is 60.0. The summed E-state index contributed by atoms with van der Waals surface area (Å²) in [6.45, 7) is 7.91. The Bertz CT molecular complexity index is 2360. The van der Waals surface area contributed by atoms with E-state index in [2.05, 4.69) is 0 Å². The van der Waals surface area contributed by atoms with E-state index in [9.17, 15) is 39.6 Å². The molecule has 15 heteroatoms. The number of carboxylic acids is 4. The maximum atomic E-state index is 11.9. The first kappa shape index (κ1) is 40.4. The van der Waals surface area contributed by atoms with Gasteiger partial charge in [0, 0.05) is 68.3 Å². The van der Waals surface area contributed by atoms with Crippen LogP contribution in [0.3, 0.4) is 0 Å². The lowest BCUT2D eigenvalue weighted by Crippen LogP contribution is -1.99. The summed E-state index contributed by atoms with van der Waals surface area (Å²) in [5, 5.41) is 38.4. The molecule has 0 bridgehead atoms. The summed E-state index contributed by atoms with van der Waals surface area (Å²) in [7, 11) is 0. The van der Waals surface area contributed by atoms with E-state index in [1.165, 1.54) is 45.3 Å². The van der Waals surface area contributed by atoms with E-state index in [0.717, 1.165) is 79.4 Å². The molecule has 8 nitrogen and oxygen atoms in total. The van der Waals surface area contributed by atoms with Crippen molar-refractivity contribution >= 4 is 103 Å². The third-order valence-corrected chi connectivity index (χ3v) is 17.0. The number of hydrogen-bond donors (Lipinski definition) is 4. The van der Waals surface area contributed by atoms with Crippen molar-refractivity contribution in [1.29, 1.82) is 0 Å². The second-order valence-corrected chi connectivity index (χ2v) is 20.0. The van der Waals surface area contributed by atoms with Gasteiger partial charge in [0.05, 0.1) is 25.7 Å². The summed E-state index contributed by atoms with van der Waals surface area (Å²) < 4.78 is 0. The van der Waals surface area contributed by atoms with Crippen molar-refractivity contribution in [1.82, 2.24) is 0 Å². The second-order valence-electron chi connectivity index (χ2n) is 12.1. The van der Waals surface area contributed by atoms with Gasteiger partial charge in [0.1, 0.15) is 0 Å². The van der Waals surface area contributed by atoms with Crippen LogP contribution in [-0.4, -0.2) is 44.3 Å². The average molecular weight is 867 g/mol. The Kier molecular flexibility index (Phi) is 12.7. The minimum absolute atomic E-state index is 0.0662. The van der Waals surface area contributed by atoms with Gasteiger partial charge in [0.2, 0.25) is 0 Å². The molecule has 0 aromatic carbocycles. The van der Waals surface area contributed by atoms with Crippen molar-refractivity contribution < 1.29 is 39.6 Å². The van der Waals surface area contributed by atoms with E-state index in [1.807, 2.05) is 88.4 Å². The van der Waals surface area contributed by atoms with Gasteiger partial charge in [-0.2, -0.15) is 0 Å². The first-order chi connectivity index (χ1) is 26.3. The van der Waals surface area contributed by atoms with E-state index in [0.29, 0.717) is 11.1 Å². The Hall–Kier alpha value is -4.22. The van der Waals surface area contributed by atoms with Crippen LogP contribution in [0.2, 0.25) is 0 Å². The van der Waals surface area contributed by atoms with Crippen LogP contribution >= 0.6 is 79.4 Å². The van der Waals surface area contributed by atoms with E-state index in [-0.39, 0.29) is 25.7 Å². The van der Waals surface area contributed by atoms with Crippen molar-refractivity contribution in [2.24, 2.45) is 0 Å². The molecule has 0 spiro atoms. The molecule has 0 aliphatic carbocycles. The first-order valence-corrected chi connectivity index (χ1v) is 22.7. The Labute approximate surface area is 344 Å². The third-order valence-electron chi connectivity index (χ3n) is 8.05. The van der Waals surface area contributed by atoms with Crippen LogP contribution in [0.5, 0.6) is 0 Å². The average Bonchev–Trinajstić information content (AvgIpc) is 3.95. The summed E-state index contributed by atoms with van der Waals surface area (Å²) >= 11 is 10.8. The standard InChI is InChI=1S/C38H28O8S7.C2H6/c1-17-9-19(13-31(39)40)35(47-17)25-5-7-27(50-25)37-21(15-33(43)44)11-29(52-37)23-3-4-24(49-23)30-12-22(16-34(45)46)38(53-30)28-8-6-26(51-28)36-20(14-32(41)42)10-18(2)48-36;1-2/h3-12H,13-16H2,1-2H3,(H,39,40)(H,41,42)(H,43,44)(H,45,46);1-2H3. The Morgan fingerprint density at radius 3 is 0.945 bits per heavy atom. The normalized spacial score (nSPS) is 11.1. The van der Waals surface area contributed by atoms with Crippen LogP contribution < -0.4 is 0 Å². The predicted octanol–water partition coefficient (Wildman–Crippen LogP) is 12.3. The molecule has 0 fully saturated rings. The first-order valence-electron chi connectivity index (χ1n) is 16.9. The molecule has 7 rings (SSSR count). The SMILES string of the molecule is CC.Cc1cc(CC(=O)O)c(-c2ccc(-c3sc(-c4ccc(-c5cc(CC(=O)O)c(-c6ccc(-c7sc(C)cc7CC(=O)O)s6)s5)s4)cc3CC(=O)O)s2)s1. The predicted molar refractivity (Wildman–Crippen MR) is 230 cm³/mol. The summed E-state index contributed by atoms with van der Waals surface area (Å²) in [5.74, 6) is -3.65. The molecule has 0 atom stereocenters. The van der Waals surface area contributed by atoms with Gasteiger partial charge >= 0.3 is 23.9 Å². The van der Waals surface area contributed by atoms with Crippen LogP contribution in [0, 0.1) is 13.8 Å². The van der Waals surface area contributed by atoms with Gasteiger partial charge in [-0.05, 0) is 96.8 Å². The van der Waals surface area contributed by atoms with Crippen molar-refractivity contribution in [2.45, 2.75) is 53.4 Å². The minimum Gasteiger partial charge on any atom is -0.481 e. The summed E-state index contributed by atoms with van der Waals surface area (Å²) in [6, 6.07) is 19.6. The fourth-order valence-electron chi connectivity index (χ4n) is 6.01. The molecule has 284 valence electrons. The third kappa shape index (κ3) is 9.26. The van der Waals surface area contributed by atoms with Gasteiger partial charge < -0.3 is 20.4 Å². The fourth-order valence-corrected chi connectivity index (χ4v) is 14.2. The van der Waals surface area contributed by atoms with Gasteiger partial charge in [-0.25, -0.2) is 0 Å². The highest BCUT2D eigenvalue weighted by atomic mass is 32.1. The number of rotatable bonds is 14. The fraction of sp³-hybridized carbons (Fsp3) is 0.200. The van der Waals surface area contributed by atoms with Crippen LogP contribution in [0.4, 0.5) is 0 Å². The monoisotopic (exact) mass is 866 g/mol. The Balaban J connectivity index is 0.00000253. The molecule has 0 amide bonds. The van der Waals surface area contributed by atoms with E-state index < -0.39 is 23.9 Å². The smallest absolute Gasteiger partial charge is 0.307 e. The molecule has 7 heterocycles. The maximum Gasteiger partial charge on any atom is 0.307 e. The van der Waals surface area contributed by atoms with E-state index in [1.54, 1.807) is 34.0 Å². The number of thiophene rings is 7. The highest BCUT2D eigenvalue weighted by molar-refractivity contribution is 7.31. The second kappa shape index (κ2) is 17.3. The maximum absolute atomic E-state index is 11.9. The summed E-state index contributed by atoms with van der Waals surface area (Å²) in [5.41, 5.74) is 2.94. The summed E-state index contributed by atoms with van der Waals surface area (Å²) in [6.07, 6.45) is -0.414. The van der Waals surface area contributed by atoms with Crippen molar-refractivity contribution in [3.05, 3.63) is 92.7 Å². The highest BCUT2D eigenvalue weighted by Crippen LogP contribution is 2.50. The van der Waals surface area contributed by atoms with Crippen LogP contribution in [0.15, 0.2) is 60.7 Å². The molecule has 7 aromatic heterocycles. The number of aryl methyl sites for hydroxylation is 2. The quantitative estimate of drug-likeness (QED) is 0.0844. The Morgan fingerprint density at radius 2 is 0.636 bits per heavy atom. The highest BCUT2D eigenvalue weighted by Gasteiger charge is 2.23. The molecule has 0 aliphatic heterocycles. The molecule has 0 aliphatic rings. The van der Waals surface area contributed by atoms with Crippen LogP contribution in [0.1, 0.15) is 45.9 Å². The molecule has 0 unspecified atom stereocenters. The topological polar surface area (TPSA) is 149 Å². The van der Waals surface area contributed by atoms with Crippen molar-refractivity contribution in [3.63, 3.8) is 0 Å². The minimum atomic E-state index is -0.932. The van der Waals surface area contributed by atoms with Crippen LogP contribution in [0.25, 0.3) is 58.5 Å². The molecule has 55 heavy (non-hydrogen) atoms. The number of carboxylic acid groups (broad SMARTS) is 4. The Morgan fingerprint density at radius 1 is 0.382 bits per heavy atom. The lowest BCUT2D eigenvalue weighted by atomic mass is 10.1. The molecule has 0 saturated heterocycles. The number of hydrogen-bond acceptors (Lipinski definition) is 11. The lowest BCUT2D eigenvalue weighted by molar-refractivity contribution is -0.137. The van der Waals surface area contributed by atoms with Crippen LogP contribution in [-0.2, 0) is 44.9 Å². The van der Waals surface area contributed by atoms with Crippen molar-refractivity contribution in [2.75, 3.05) is 0 Å². The molecule has 0 radical (unpaired) electrons. The zero-order valence-corrected chi connectivity index (χ0v) is 35.6. The zero-order valence-electron chi connectivity index (χ0n) is 29.9. The van der Waals surface area contributed by atoms with Gasteiger partial charge in [-0.15, -0.1) is 79.4 Å². The van der Waals surface area contributed by atoms with Gasteiger partial charge in [0.25, 0.3) is 0 Å².